The zero-order chi connectivity index (χ0) is 26.4. The number of ether oxygens (including phenoxy) is 1. The summed E-state index contributed by atoms with van der Waals surface area (Å²) < 4.78 is 12.1. The van der Waals surface area contributed by atoms with E-state index >= 15 is 0 Å². The Morgan fingerprint density at radius 1 is 1.08 bits per heavy atom. The Kier molecular flexibility index (Phi) is 6.64. The normalized spacial score (nSPS) is 21.6. The molecular weight excluding hydrogens is 527 g/mol. The molecule has 2 aliphatic rings. The highest BCUT2D eigenvalue weighted by molar-refractivity contribution is 6.39. The van der Waals surface area contributed by atoms with Crippen molar-refractivity contribution in [3.8, 4) is 11.3 Å². The van der Waals surface area contributed by atoms with Crippen LogP contribution in [0, 0.1) is 0 Å². The average molecular weight is 553 g/mol. The van der Waals surface area contributed by atoms with Gasteiger partial charge < -0.3 is 19.5 Å². The molecule has 2 fully saturated rings. The summed E-state index contributed by atoms with van der Waals surface area (Å²) in [5.74, 6) is 0.183. The summed E-state index contributed by atoms with van der Waals surface area (Å²) in [5, 5.41) is 26.8. The van der Waals surface area contributed by atoms with Crippen LogP contribution in [0.5, 0.6) is 0 Å². The van der Waals surface area contributed by atoms with Crippen molar-refractivity contribution >= 4 is 40.1 Å². The molecule has 4 aromatic rings. The summed E-state index contributed by atoms with van der Waals surface area (Å²) in [7, 11) is 0. The SMILES string of the molecule is O=C(O)c1ccnc2cc([C@]3(O)CC[C@@H](OCc4c(-c5c(Cl)cccc5Cl)noc4C4CC4)CC3)ccc12. The molecule has 2 aromatic heterocycles. The Hall–Kier alpha value is -2.97. The molecule has 2 saturated carbocycles. The van der Waals surface area contributed by atoms with E-state index in [1.54, 1.807) is 36.4 Å². The van der Waals surface area contributed by atoms with E-state index in [2.05, 4.69) is 10.1 Å². The van der Waals surface area contributed by atoms with Gasteiger partial charge in [-0.3, -0.25) is 4.98 Å². The Bertz CT molecular complexity index is 1500. The third-order valence-corrected chi connectivity index (χ3v) is 8.33. The minimum atomic E-state index is -1.03. The monoisotopic (exact) mass is 552 g/mol. The van der Waals surface area contributed by atoms with Gasteiger partial charge in [0.1, 0.15) is 11.5 Å². The van der Waals surface area contributed by atoms with Crippen molar-refractivity contribution in [3.63, 3.8) is 0 Å². The van der Waals surface area contributed by atoms with Crippen LogP contribution < -0.4 is 0 Å². The lowest BCUT2D eigenvalue weighted by Crippen LogP contribution is -2.34. The van der Waals surface area contributed by atoms with Crippen LogP contribution in [0.3, 0.4) is 0 Å². The number of aliphatic hydroxyl groups is 1. The summed E-state index contributed by atoms with van der Waals surface area (Å²) in [5.41, 5.74) is 2.63. The number of rotatable bonds is 7. The lowest BCUT2D eigenvalue weighted by molar-refractivity contribution is -0.0640. The highest BCUT2D eigenvalue weighted by atomic mass is 35.5. The van der Waals surface area contributed by atoms with Gasteiger partial charge in [-0.1, -0.05) is 46.6 Å². The second-order valence-electron chi connectivity index (χ2n) is 10.2. The van der Waals surface area contributed by atoms with Crippen LogP contribution >= 0.6 is 23.2 Å². The van der Waals surface area contributed by atoms with E-state index in [1.807, 2.05) is 0 Å². The van der Waals surface area contributed by atoms with Crippen LogP contribution in [0.15, 0.2) is 53.2 Å². The standard InChI is InChI=1S/C29H26Cl2N2O5/c30-22-2-1-3-23(31)25(22)26-21(27(38-33-26)16-4-5-16)15-37-18-8-11-29(36,12-9-18)17-6-7-19-20(28(34)35)10-13-32-24(19)14-17/h1-3,6-7,10,13-14,16,18,36H,4-5,8-9,11-12,15H2,(H,34,35)/t18-,29+. The molecule has 38 heavy (non-hydrogen) atoms. The van der Waals surface area contributed by atoms with Gasteiger partial charge in [0.25, 0.3) is 0 Å². The number of halogens is 2. The molecule has 0 spiro atoms. The van der Waals surface area contributed by atoms with Crippen LogP contribution in [0.2, 0.25) is 10.0 Å². The molecule has 0 atom stereocenters. The van der Waals surface area contributed by atoms with Gasteiger partial charge in [-0.15, -0.1) is 0 Å². The summed E-state index contributed by atoms with van der Waals surface area (Å²) in [6.45, 7) is 0.327. The number of aromatic carboxylic acids is 1. The van der Waals surface area contributed by atoms with Crippen molar-refractivity contribution in [1.82, 2.24) is 10.1 Å². The second kappa shape index (κ2) is 9.97. The molecule has 2 N–H and O–H groups in total. The largest absolute Gasteiger partial charge is 0.478 e. The molecule has 2 aliphatic carbocycles. The van der Waals surface area contributed by atoms with E-state index < -0.39 is 11.6 Å². The third kappa shape index (κ3) is 4.69. The summed E-state index contributed by atoms with van der Waals surface area (Å²) in [4.78, 5) is 15.9. The Labute approximate surface area is 229 Å². The van der Waals surface area contributed by atoms with Crippen LogP contribution in [-0.4, -0.2) is 32.4 Å². The van der Waals surface area contributed by atoms with Gasteiger partial charge in [0.2, 0.25) is 0 Å². The fourth-order valence-corrected chi connectivity index (χ4v) is 5.97. The molecule has 0 aliphatic heterocycles. The minimum Gasteiger partial charge on any atom is -0.478 e. The number of nitrogens with zero attached hydrogens (tertiary/aromatic N) is 2. The molecule has 9 heteroatoms. The molecule has 0 bridgehead atoms. The van der Waals surface area contributed by atoms with E-state index in [9.17, 15) is 15.0 Å². The fraction of sp³-hybridized carbons (Fsp3) is 0.345. The fourth-order valence-electron chi connectivity index (χ4n) is 5.40. The molecule has 7 nitrogen and oxygen atoms in total. The summed E-state index contributed by atoms with van der Waals surface area (Å²) in [6.07, 6.45) is 5.94. The lowest BCUT2D eigenvalue weighted by Gasteiger charge is -2.36. The number of carboxylic acid groups (broad SMARTS) is 1. The van der Waals surface area contributed by atoms with Gasteiger partial charge in [-0.05, 0) is 68.4 Å². The maximum Gasteiger partial charge on any atom is 0.336 e. The van der Waals surface area contributed by atoms with E-state index in [0.717, 1.165) is 29.7 Å². The zero-order valence-electron chi connectivity index (χ0n) is 20.5. The number of fused-ring (bicyclic) bond motifs is 1. The number of carbonyl (C=O) groups is 1. The highest BCUT2D eigenvalue weighted by Gasteiger charge is 2.37. The number of hydrogen-bond donors (Lipinski definition) is 2. The maximum atomic E-state index is 11.5. The third-order valence-electron chi connectivity index (χ3n) is 7.70. The van der Waals surface area contributed by atoms with Crippen LogP contribution in [0.4, 0.5) is 0 Å². The van der Waals surface area contributed by atoms with E-state index in [1.165, 1.54) is 12.3 Å². The Morgan fingerprint density at radius 2 is 1.82 bits per heavy atom. The van der Waals surface area contributed by atoms with Crippen molar-refractivity contribution in [2.75, 3.05) is 0 Å². The molecule has 0 radical (unpaired) electrons. The second-order valence-corrected chi connectivity index (χ2v) is 11.0. The van der Waals surface area contributed by atoms with E-state index in [4.69, 9.17) is 32.5 Å². The average Bonchev–Trinajstić information content (AvgIpc) is 3.67. The van der Waals surface area contributed by atoms with Gasteiger partial charge in [0, 0.05) is 28.6 Å². The topological polar surface area (TPSA) is 106 Å². The number of hydrogen-bond acceptors (Lipinski definition) is 6. The van der Waals surface area contributed by atoms with Crippen molar-refractivity contribution in [1.29, 1.82) is 0 Å². The molecule has 0 unspecified atom stereocenters. The Balaban J connectivity index is 1.17. The molecule has 2 heterocycles. The molecule has 196 valence electrons. The maximum absolute atomic E-state index is 11.5. The van der Waals surface area contributed by atoms with Gasteiger partial charge >= 0.3 is 5.97 Å². The predicted molar refractivity (Wildman–Crippen MR) is 144 cm³/mol. The first-order valence-corrected chi connectivity index (χ1v) is 13.5. The zero-order valence-corrected chi connectivity index (χ0v) is 22.0. The first-order valence-electron chi connectivity index (χ1n) is 12.7. The van der Waals surface area contributed by atoms with Gasteiger partial charge in [-0.2, -0.15) is 0 Å². The van der Waals surface area contributed by atoms with Crippen LogP contribution in [0.25, 0.3) is 22.2 Å². The minimum absolute atomic E-state index is 0.0380. The van der Waals surface area contributed by atoms with Crippen molar-refractivity contribution < 1.29 is 24.3 Å². The number of pyridine rings is 1. The number of carboxylic acids is 1. The van der Waals surface area contributed by atoms with Gasteiger partial charge in [0.05, 0.1) is 39.4 Å². The van der Waals surface area contributed by atoms with Crippen LogP contribution in [0.1, 0.15) is 71.7 Å². The van der Waals surface area contributed by atoms with Crippen LogP contribution in [-0.2, 0) is 16.9 Å². The van der Waals surface area contributed by atoms with E-state index in [-0.39, 0.29) is 11.7 Å². The molecule has 2 aromatic carbocycles. The van der Waals surface area contributed by atoms with Gasteiger partial charge in [-0.25, -0.2) is 4.79 Å². The molecular formula is C29H26Cl2N2O5. The number of aromatic nitrogens is 2. The summed E-state index contributed by atoms with van der Waals surface area (Å²) in [6, 6.07) is 12.2. The molecule has 0 saturated heterocycles. The quantitative estimate of drug-likeness (QED) is 0.251. The lowest BCUT2D eigenvalue weighted by atomic mass is 9.78. The smallest absolute Gasteiger partial charge is 0.336 e. The first-order chi connectivity index (χ1) is 18.3. The molecule has 0 amide bonds. The number of benzene rings is 2. The van der Waals surface area contributed by atoms with Crippen molar-refractivity contribution in [3.05, 3.63) is 81.2 Å². The summed E-state index contributed by atoms with van der Waals surface area (Å²) >= 11 is 12.9. The first kappa shape index (κ1) is 25.3. The predicted octanol–water partition coefficient (Wildman–Crippen LogP) is 7.12. The van der Waals surface area contributed by atoms with Gasteiger partial charge in [0.15, 0.2) is 0 Å². The van der Waals surface area contributed by atoms with E-state index in [0.29, 0.717) is 70.4 Å². The highest BCUT2D eigenvalue weighted by Crippen LogP contribution is 2.46. The van der Waals surface area contributed by atoms with Crippen molar-refractivity contribution in [2.24, 2.45) is 0 Å². The van der Waals surface area contributed by atoms with Crippen molar-refractivity contribution in [2.45, 2.75) is 62.8 Å². The molecule has 6 rings (SSSR count). The Morgan fingerprint density at radius 3 is 2.50 bits per heavy atom.